The molecule has 0 atom stereocenters. The molecule has 1 heteroatoms. The summed E-state index contributed by atoms with van der Waals surface area (Å²) in [6.45, 7) is 0. The van der Waals surface area contributed by atoms with Crippen LogP contribution in [0.4, 0.5) is 0 Å². The molecule has 0 aromatic heterocycles. The number of rotatable bonds is 0. The Labute approximate surface area is 51.7 Å². The first-order valence-corrected chi connectivity index (χ1v) is 3.84. The number of thiol groups is 1. The summed E-state index contributed by atoms with van der Waals surface area (Å²) in [5, 5.41) is 0. The topological polar surface area (TPSA) is 0 Å². The Balaban J connectivity index is 0.000000162. The molecule has 1 rings (SSSR count). The highest BCUT2D eigenvalue weighted by Crippen LogP contribution is 2.15. The quantitative estimate of drug-likeness (QED) is 0.464. The third-order valence-electron chi connectivity index (χ3n) is 1.25. The summed E-state index contributed by atoms with van der Waals surface area (Å²) in [6, 6.07) is 0. The summed E-state index contributed by atoms with van der Waals surface area (Å²) in [6.07, 6.45) is 9.19. The Morgan fingerprint density at radius 3 is 1.00 bits per heavy atom. The second-order valence-electron chi connectivity index (χ2n) is 1.77. The summed E-state index contributed by atoms with van der Waals surface area (Å²) in [5.74, 6) is 0. The van der Waals surface area contributed by atoms with Crippen molar-refractivity contribution in [1.82, 2.24) is 0 Å². The molecule has 0 saturated heterocycles. The highest BCUT2D eigenvalue weighted by Gasteiger charge is 1.95. The summed E-state index contributed by atoms with van der Waals surface area (Å²) in [4.78, 5) is 0. The molecule has 0 amide bonds. The predicted molar refractivity (Wildman–Crippen MR) is 38.0 cm³/mol. The molecule has 0 spiro atoms. The number of hydrogen-bond acceptors (Lipinski definition) is 1. The Bertz CT molecular complexity index is 15.8. The average molecular weight is 118 g/mol. The third-order valence-corrected chi connectivity index (χ3v) is 1.25. The molecule has 1 aliphatic carbocycles. The summed E-state index contributed by atoms with van der Waals surface area (Å²) in [7, 11) is 0. The van der Waals surface area contributed by atoms with Crippen LogP contribution in [0.25, 0.3) is 0 Å². The van der Waals surface area contributed by atoms with E-state index in [9.17, 15) is 0 Å². The van der Waals surface area contributed by atoms with Crippen LogP contribution in [0.5, 0.6) is 0 Å². The first kappa shape index (κ1) is 7.35. The molecule has 7 heavy (non-hydrogen) atoms. The van der Waals surface area contributed by atoms with Crippen molar-refractivity contribution in [3.05, 3.63) is 0 Å². The maximum absolute atomic E-state index is 3.53. The fourth-order valence-electron chi connectivity index (χ4n) is 0.884. The van der Waals surface area contributed by atoms with Gasteiger partial charge in [-0.25, -0.2) is 0 Å². The SMILES string of the molecule is C1CCCC1.CS. The first-order valence-electron chi connectivity index (χ1n) is 2.95. The number of hydrogen-bond donors (Lipinski definition) is 1. The molecule has 1 fully saturated rings. The summed E-state index contributed by atoms with van der Waals surface area (Å²) >= 11 is 3.53. The zero-order valence-electron chi connectivity index (χ0n) is 4.98. The molecule has 44 valence electrons. The molecule has 0 radical (unpaired) electrons. The van der Waals surface area contributed by atoms with E-state index >= 15 is 0 Å². The lowest BCUT2D eigenvalue weighted by atomic mass is 10.4. The molecule has 1 saturated carbocycles. The van der Waals surface area contributed by atoms with E-state index in [1.54, 1.807) is 6.26 Å². The monoisotopic (exact) mass is 118 g/mol. The van der Waals surface area contributed by atoms with E-state index in [0.29, 0.717) is 0 Å². The van der Waals surface area contributed by atoms with Gasteiger partial charge in [0.1, 0.15) is 0 Å². The van der Waals surface area contributed by atoms with Crippen molar-refractivity contribution in [2.24, 2.45) is 0 Å². The molecule has 0 unspecified atom stereocenters. The zero-order chi connectivity index (χ0) is 5.54. The van der Waals surface area contributed by atoms with Crippen molar-refractivity contribution < 1.29 is 0 Å². The van der Waals surface area contributed by atoms with Gasteiger partial charge < -0.3 is 0 Å². The smallest absolute Gasteiger partial charge is 0.0215 e. The van der Waals surface area contributed by atoms with Gasteiger partial charge in [0, 0.05) is 0 Å². The third kappa shape index (κ3) is 4.20. The van der Waals surface area contributed by atoms with Crippen LogP contribution in [-0.4, -0.2) is 6.26 Å². The lowest BCUT2D eigenvalue weighted by molar-refractivity contribution is 0.886. The molecule has 0 aromatic rings. The fourth-order valence-corrected chi connectivity index (χ4v) is 0.884. The molecular weight excluding hydrogens is 104 g/mol. The van der Waals surface area contributed by atoms with Crippen LogP contribution in [0.3, 0.4) is 0 Å². The first-order chi connectivity index (χ1) is 3.50. The molecule has 0 heterocycles. The van der Waals surface area contributed by atoms with Gasteiger partial charge in [-0.05, 0) is 6.26 Å². The molecule has 0 N–H and O–H groups in total. The van der Waals surface area contributed by atoms with Gasteiger partial charge in [0.2, 0.25) is 0 Å². The molecule has 0 bridgehead atoms. The van der Waals surface area contributed by atoms with E-state index in [0.717, 1.165) is 0 Å². The van der Waals surface area contributed by atoms with Gasteiger partial charge in [0.25, 0.3) is 0 Å². The van der Waals surface area contributed by atoms with Gasteiger partial charge in [-0.2, -0.15) is 12.6 Å². The van der Waals surface area contributed by atoms with Gasteiger partial charge in [0.05, 0.1) is 0 Å². The Hall–Kier alpha value is 0.350. The normalized spacial score (nSPS) is 18.0. The van der Waals surface area contributed by atoms with Crippen LogP contribution >= 0.6 is 12.6 Å². The van der Waals surface area contributed by atoms with E-state index in [2.05, 4.69) is 12.6 Å². The van der Waals surface area contributed by atoms with Crippen LogP contribution < -0.4 is 0 Å². The van der Waals surface area contributed by atoms with Crippen molar-refractivity contribution in [1.29, 1.82) is 0 Å². The van der Waals surface area contributed by atoms with Crippen molar-refractivity contribution >= 4 is 12.6 Å². The van der Waals surface area contributed by atoms with Crippen LogP contribution in [0.1, 0.15) is 32.1 Å². The van der Waals surface area contributed by atoms with Crippen molar-refractivity contribution in [2.45, 2.75) is 32.1 Å². The largest absolute Gasteiger partial charge is 0.183 e. The minimum atomic E-state index is 1.50. The molecule has 1 aliphatic rings. The lowest BCUT2D eigenvalue weighted by Gasteiger charge is -1.67. The Kier molecular flexibility index (Phi) is 6.67. The van der Waals surface area contributed by atoms with Crippen LogP contribution in [0.2, 0.25) is 0 Å². The minimum Gasteiger partial charge on any atom is -0.183 e. The van der Waals surface area contributed by atoms with E-state index in [1.807, 2.05) is 0 Å². The van der Waals surface area contributed by atoms with E-state index in [1.165, 1.54) is 32.1 Å². The summed E-state index contributed by atoms with van der Waals surface area (Å²) < 4.78 is 0. The molecule has 0 nitrogen and oxygen atoms in total. The maximum Gasteiger partial charge on any atom is -0.0215 e. The average Bonchev–Trinajstić information content (AvgIpc) is 2.23. The molecule has 0 aromatic carbocycles. The standard InChI is InChI=1S/C5H10.CH4S/c1-2-4-5-3-1;1-2/h1-5H2;2H,1H3. The maximum atomic E-state index is 3.53. The zero-order valence-corrected chi connectivity index (χ0v) is 5.88. The molecular formula is C6H14S. The van der Waals surface area contributed by atoms with Gasteiger partial charge in [-0.1, -0.05) is 32.1 Å². The van der Waals surface area contributed by atoms with Crippen LogP contribution in [0.15, 0.2) is 0 Å². The van der Waals surface area contributed by atoms with Gasteiger partial charge in [-0.3, -0.25) is 0 Å². The predicted octanol–water partition coefficient (Wildman–Crippen LogP) is 2.50. The van der Waals surface area contributed by atoms with Crippen molar-refractivity contribution in [3.8, 4) is 0 Å². The lowest BCUT2D eigenvalue weighted by Crippen LogP contribution is -1.47. The van der Waals surface area contributed by atoms with Gasteiger partial charge in [-0.15, -0.1) is 0 Å². The second kappa shape index (κ2) is 6.35. The Morgan fingerprint density at radius 2 is 0.857 bits per heavy atom. The van der Waals surface area contributed by atoms with Gasteiger partial charge >= 0.3 is 0 Å². The van der Waals surface area contributed by atoms with E-state index in [-0.39, 0.29) is 0 Å². The Morgan fingerprint density at radius 1 is 0.714 bits per heavy atom. The highest BCUT2D eigenvalue weighted by molar-refractivity contribution is 7.79. The second-order valence-corrected chi connectivity index (χ2v) is 1.77. The highest BCUT2D eigenvalue weighted by atomic mass is 32.1. The fraction of sp³-hybridized carbons (Fsp3) is 1.00. The van der Waals surface area contributed by atoms with Crippen molar-refractivity contribution in [2.75, 3.05) is 6.26 Å². The van der Waals surface area contributed by atoms with Crippen LogP contribution in [-0.2, 0) is 0 Å². The summed E-state index contributed by atoms with van der Waals surface area (Å²) in [5.41, 5.74) is 0. The van der Waals surface area contributed by atoms with E-state index in [4.69, 9.17) is 0 Å². The van der Waals surface area contributed by atoms with Crippen LogP contribution in [0, 0.1) is 0 Å². The minimum absolute atomic E-state index is 1.50. The molecule has 0 aliphatic heterocycles. The van der Waals surface area contributed by atoms with Gasteiger partial charge in [0.15, 0.2) is 0 Å². The van der Waals surface area contributed by atoms with E-state index < -0.39 is 0 Å². The van der Waals surface area contributed by atoms with Crippen molar-refractivity contribution in [3.63, 3.8) is 0 Å².